The molecule has 0 aliphatic carbocycles. The lowest BCUT2D eigenvalue weighted by atomic mass is 9.49. The Balaban J connectivity index is 0.000000291. The fourth-order valence-electron chi connectivity index (χ4n) is 10.9. The first-order chi connectivity index (χ1) is 38.3. The number of hydrogen-bond acceptors (Lipinski definition) is 8. The highest BCUT2D eigenvalue weighted by Gasteiger charge is 2.64. The molecule has 14 heteroatoms. The molecular weight excluding hydrogens is 1150 g/mol. The van der Waals surface area contributed by atoms with Crippen LogP contribution >= 0.6 is 31.9 Å². The SMILES string of the molecule is CC1(C)OB(B2OC(C)(C)C(C)(C)O2)OC1(C)C.CCCCCCCCc1cc(B2OC(C)(C)C(C)(C)O2)c(CCCCCCCC)cc1B1OC(C)(C)C(C)(C)O1.CCCCCCCCc1cc(Br)c(CCCCCCCC)cc1Br. The summed E-state index contributed by atoms with van der Waals surface area (Å²) in [4.78, 5) is 0. The molecule has 0 atom stereocenters. The van der Waals surface area contributed by atoms with E-state index in [0.717, 1.165) is 12.8 Å². The van der Waals surface area contributed by atoms with Crippen molar-refractivity contribution in [1.29, 1.82) is 0 Å². The Bertz CT molecular complexity index is 1980. The first-order valence-electron chi connectivity index (χ1n) is 33.4. The molecule has 0 saturated carbocycles. The lowest BCUT2D eigenvalue weighted by Crippen LogP contribution is -2.43. The van der Waals surface area contributed by atoms with Gasteiger partial charge < -0.3 is 37.2 Å². The Morgan fingerprint density at radius 3 is 0.695 bits per heavy atom. The van der Waals surface area contributed by atoms with Crippen LogP contribution in [0.15, 0.2) is 33.2 Å². The van der Waals surface area contributed by atoms with Crippen LogP contribution in [0.1, 0.15) is 315 Å². The highest BCUT2D eigenvalue weighted by atomic mass is 79.9. The van der Waals surface area contributed by atoms with Crippen LogP contribution in [-0.4, -0.2) is 73.1 Å². The molecule has 6 rings (SSSR count). The number of rotatable bonds is 31. The second-order valence-electron chi connectivity index (χ2n) is 28.8. The van der Waals surface area contributed by atoms with E-state index in [-0.39, 0.29) is 59.0 Å². The number of hydrogen-bond donors (Lipinski definition) is 0. The summed E-state index contributed by atoms with van der Waals surface area (Å²) in [7, 11) is -1.65. The molecule has 2 aromatic carbocycles. The molecule has 0 unspecified atom stereocenters. The van der Waals surface area contributed by atoms with Crippen molar-refractivity contribution in [2.45, 2.75) is 363 Å². The molecule has 4 heterocycles. The molecule has 4 saturated heterocycles. The summed E-state index contributed by atoms with van der Waals surface area (Å²) >= 11 is 7.60. The van der Waals surface area contributed by atoms with Gasteiger partial charge in [0.15, 0.2) is 0 Å². The first-order valence-corrected chi connectivity index (χ1v) is 34.9. The Labute approximate surface area is 523 Å². The monoisotopic (exact) mass is 1270 g/mol. The summed E-state index contributed by atoms with van der Waals surface area (Å²) in [5.41, 5.74) is 5.09. The Morgan fingerprint density at radius 1 is 0.268 bits per heavy atom. The predicted molar refractivity (Wildman–Crippen MR) is 360 cm³/mol. The summed E-state index contributed by atoms with van der Waals surface area (Å²) in [6.07, 6.45) is 36.2. The maximum atomic E-state index is 6.62. The molecule has 4 aliphatic heterocycles. The molecule has 82 heavy (non-hydrogen) atoms. The smallest absolute Gasteiger partial charge is 0.405 e. The minimum absolute atomic E-state index is 0.351. The quantitative estimate of drug-likeness (QED) is 0.0546. The maximum Gasteiger partial charge on any atom is 0.495 e. The second kappa shape index (κ2) is 33.2. The molecule has 466 valence electrons. The topological polar surface area (TPSA) is 73.8 Å². The van der Waals surface area contributed by atoms with E-state index in [1.807, 2.05) is 55.4 Å². The predicted octanol–water partition coefficient (Wildman–Crippen LogP) is 19.4. The van der Waals surface area contributed by atoms with Gasteiger partial charge >= 0.3 is 28.3 Å². The van der Waals surface area contributed by atoms with E-state index in [1.165, 1.54) is 209 Å². The van der Waals surface area contributed by atoms with Crippen LogP contribution in [0.3, 0.4) is 0 Å². The summed E-state index contributed by atoms with van der Waals surface area (Å²) in [6, 6.07) is 9.48. The molecule has 0 bridgehead atoms. The van der Waals surface area contributed by atoms with Gasteiger partial charge in [0.25, 0.3) is 0 Å². The summed E-state index contributed by atoms with van der Waals surface area (Å²) in [5, 5.41) is 0. The van der Waals surface area contributed by atoms with Crippen molar-refractivity contribution < 1.29 is 37.2 Å². The third kappa shape index (κ3) is 21.3. The van der Waals surface area contributed by atoms with Crippen LogP contribution in [0.4, 0.5) is 0 Å². The van der Waals surface area contributed by atoms with Gasteiger partial charge in [-0.1, -0.05) is 200 Å². The van der Waals surface area contributed by atoms with Gasteiger partial charge in [0.1, 0.15) is 0 Å². The number of unbranched alkanes of at least 4 members (excludes halogenated alkanes) is 20. The molecule has 0 aromatic heterocycles. The normalized spacial score (nSPS) is 20.5. The van der Waals surface area contributed by atoms with Crippen molar-refractivity contribution in [3.63, 3.8) is 0 Å². The van der Waals surface area contributed by atoms with Crippen molar-refractivity contribution in [2.75, 3.05) is 0 Å². The van der Waals surface area contributed by atoms with Crippen LogP contribution in [0.25, 0.3) is 0 Å². The summed E-state index contributed by atoms with van der Waals surface area (Å²) in [6.45, 7) is 42.5. The van der Waals surface area contributed by atoms with Crippen molar-refractivity contribution in [2.24, 2.45) is 0 Å². The molecule has 8 nitrogen and oxygen atoms in total. The van der Waals surface area contributed by atoms with Crippen molar-refractivity contribution >= 4 is 71.0 Å². The maximum absolute atomic E-state index is 6.62. The fourth-order valence-corrected chi connectivity index (χ4v) is 12.1. The minimum Gasteiger partial charge on any atom is -0.405 e. The molecule has 0 radical (unpaired) electrons. The minimum atomic E-state index is -0.476. The third-order valence-electron chi connectivity index (χ3n) is 19.6. The summed E-state index contributed by atoms with van der Waals surface area (Å²) in [5.74, 6) is 0. The molecule has 4 fully saturated rings. The Hall–Kier alpha value is -0.660. The van der Waals surface area contributed by atoms with Crippen LogP contribution in [0, 0.1) is 0 Å². The zero-order chi connectivity index (χ0) is 61.2. The zero-order valence-corrected chi connectivity index (χ0v) is 59.6. The number of benzene rings is 2. The lowest BCUT2D eigenvalue weighted by molar-refractivity contribution is 0.00578. The van der Waals surface area contributed by atoms with Crippen LogP contribution in [-0.2, 0) is 62.9 Å². The molecule has 0 amide bonds. The fraction of sp³-hybridized carbons (Fsp3) is 0.824. The molecule has 4 aliphatic rings. The molecule has 0 N–H and O–H groups in total. The Kier molecular flexibility index (Phi) is 29.9. The van der Waals surface area contributed by atoms with E-state index in [2.05, 4.69) is 139 Å². The van der Waals surface area contributed by atoms with Gasteiger partial charge in [0.2, 0.25) is 0 Å². The average molecular weight is 1270 g/mol. The third-order valence-corrected chi connectivity index (χ3v) is 21.1. The van der Waals surface area contributed by atoms with Crippen LogP contribution in [0.5, 0.6) is 0 Å². The standard InChI is InChI=1S/C34H60B2O4.C22H36Br2.C12H24B2O4/c1-11-13-15-17-19-21-23-27-25-30(36-39-33(7,8)34(9,10)40-36)28(24-22-20-18-16-14-12-2)26-29(27)35-37-31(3,4)32(5,6)38-35;1-3-5-7-9-11-13-15-19-17-22(24)20(18-21(19)23)16-14-12-10-8-6-4-2;1-9(2)10(3,4)16-13(15-9)14-17-11(5,6)12(7,8)18-14/h25-26H,11-24H2,1-10H3;17-18H,3-16H2,1-2H3;1-8H3. The largest absolute Gasteiger partial charge is 0.495 e. The van der Waals surface area contributed by atoms with E-state index in [4.69, 9.17) is 37.2 Å². The highest BCUT2D eigenvalue weighted by Crippen LogP contribution is 2.44. The van der Waals surface area contributed by atoms with E-state index in [0.29, 0.717) is 0 Å². The molecular formula is C68H120B4Br2O8. The van der Waals surface area contributed by atoms with Crippen molar-refractivity contribution in [3.8, 4) is 0 Å². The lowest BCUT2D eigenvalue weighted by Gasteiger charge is -2.32. The van der Waals surface area contributed by atoms with Crippen molar-refractivity contribution in [3.05, 3.63) is 55.5 Å². The van der Waals surface area contributed by atoms with Crippen LogP contribution < -0.4 is 10.9 Å². The average Bonchev–Trinajstić information content (AvgIpc) is 4.01. The van der Waals surface area contributed by atoms with Crippen LogP contribution in [0.2, 0.25) is 0 Å². The highest BCUT2D eigenvalue weighted by molar-refractivity contribution is 9.11. The van der Waals surface area contributed by atoms with Gasteiger partial charge in [-0.3, -0.25) is 0 Å². The zero-order valence-electron chi connectivity index (χ0n) is 56.4. The summed E-state index contributed by atoms with van der Waals surface area (Å²) < 4.78 is 52.9. The molecule has 0 spiro atoms. The van der Waals surface area contributed by atoms with Gasteiger partial charge in [0, 0.05) is 8.95 Å². The number of aryl methyl sites for hydroxylation is 4. The van der Waals surface area contributed by atoms with E-state index in [1.54, 1.807) is 0 Å². The van der Waals surface area contributed by atoms with E-state index in [9.17, 15) is 0 Å². The van der Waals surface area contributed by atoms with Gasteiger partial charge in [-0.25, -0.2) is 0 Å². The van der Waals surface area contributed by atoms with Gasteiger partial charge in [-0.2, -0.15) is 0 Å². The van der Waals surface area contributed by atoms with Gasteiger partial charge in [0.05, 0.1) is 44.8 Å². The van der Waals surface area contributed by atoms with E-state index < -0.39 is 14.0 Å². The molecule has 2 aromatic rings. The van der Waals surface area contributed by atoms with E-state index >= 15 is 0 Å². The number of halogens is 2. The Morgan fingerprint density at radius 2 is 0.463 bits per heavy atom. The van der Waals surface area contributed by atoms with Gasteiger partial charge in [-0.15, -0.1) is 0 Å². The van der Waals surface area contributed by atoms with Gasteiger partial charge in [-0.05, 0) is 207 Å². The second-order valence-corrected chi connectivity index (χ2v) is 30.5. The first kappa shape index (κ1) is 73.8. The van der Waals surface area contributed by atoms with Crippen molar-refractivity contribution in [1.82, 2.24) is 0 Å².